The van der Waals surface area contributed by atoms with Gasteiger partial charge in [0.25, 0.3) is 0 Å². The maximum atomic E-state index is 3.85. The summed E-state index contributed by atoms with van der Waals surface area (Å²) in [4.78, 5) is 1.63. The summed E-state index contributed by atoms with van der Waals surface area (Å²) >= 11 is 4.04. The quantitative estimate of drug-likeness (QED) is 0.850. The Morgan fingerprint density at radius 2 is 2.33 bits per heavy atom. The van der Waals surface area contributed by atoms with Gasteiger partial charge in [0.1, 0.15) is 0 Å². The lowest BCUT2D eigenvalue weighted by Gasteiger charge is -2.26. The average molecular weight is 239 g/mol. The first-order chi connectivity index (χ1) is 7.43. The number of hydrogen-bond donors (Lipinski definition) is 1. The fourth-order valence-electron chi connectivity index (χ4n) is 2.61. The molecule has 1 aromatic heterocycles. The molecule has 1 saturated heterocycles. The van der Waals surface area contributed by atoms with Crippen LogP contribution in [-0.4, -0.2) is 17.5 Å². The van der Waals surface area contributed by atoms with Gasteiger partial charge in [0, 0.05) is 22.7 Å². The van der Waals surface area contributed by atoms with E-state index in [0.29, 0.717) is 6.04 Å². The Kier molecular flexibility index (Phi) is 3.04. The molecule has 1 aromatic rings. The Labute approximate surface area is 99.7 Å². The molecule has 15 heavy (non-hydrogen) atoms. The van der Waals surface area contributed by atoms with Gasteiger partial charge in [0.15, 0.2) is 0 Å². The molecule has 3 rings (SSSR count). The maximum Gasteiger partial charge on any atom is 0.0334 e. The number of fused-ring (bicyclic) bond motifs is 1. The molecule has 2 heterocycles. The Balaban J connectivity index is 1.72. The van der Waals surface area contributed by atoms with Crippen molar-refractivity contribution in [2.24, 2.45) is 0 Å². The molecule has 0 bridgehead atoms. The third kappa shape index (κ3) is 2.10. The lowest BCUT2D eigenvalue weighted by molar-refractivity contribution is 0.415. The van der Waals surface area contributed by atoms with Crippen molar-refractivity contribution in [3.63, 3.8) is 0 Å². The third-order valence-electron chi connectivity index (χ3n) is 3.42. The van der Waals surface area contributed by atoms with Crippen LogP contribution in [0.25, 0.3) is 0 Å². The highest BCUT2D eigenvalue weighted by atomic mass is 32.2. The molecule has 0 aromatic carbocycles. The molecule has 2 aliphatic rings. The predicted molar refractivity (Wildman–Crippen MR) is 68.9 cm³/mol. The van der Waals surface area contributed by atoms with E-state index in [-0.39, 0.29) is 0 Å². The van der Waals surface area contributed by atoms with Gasteiger partial charge in [-0.2, -0.15) is 11.8 Å². The fraction of sp³-hybridized carbons (Fsp3) is 0.667. The van der Waals surface area contributed by atoms with E-state index in [1.165, 1.54) is 37.2 Å². The SMILES string of the molecule is c1cc2c(s1)CCCC2NC1CCSC1. The monoisotopic (exact) mass is 239 g/mol. The Morgan fingerprint density at radius 3 is 3.20 bits per heavy atom. The molecule has 2 unspecified atom stereocenters. The normalized spacial score (nSPS) is 30.4. The number of thiophene rings is 1. The number of thioether (sulfide) groups is 1. The highest BCUT2D eigenvalue weighted by molar-refractivity contribution is 7.99. The summed E-state index contributed by atoms with van der Waals surface area (Å²) < 4.78 is 0. The van der Waals surface area contributed by atoms with Gasteiger partial charge in [-0.15, -0.1) is 11.3 Å². The molecule has 1 fully saturated rings. The maximum absolute atomic E-state index is 3.85. The van der Waals surface area contributed by atoms with Crippen molar-refractivity contribution in [3.8, 4) is 0 Å². The van der Waals surface area contributed by atoms with E-state index in [0.717, 1.165) is 6.04 Å². The zero-order valence-electron chi connectivity index (χ0n) is 8.87. The van der Waals surface area contributed by atoms with Gasteiger partial charge >= 0.3 is 0 Å². The second-order valence-corrected chi connectivity index (χ2v) is 6.62. The Morgan fingerprint density at radius 1 is 1.33 bits per heavy atom. The molecular formula is C12H17NS2. The molecule has 3 heteroatoms. The van der Waals surface area contributed by atoms with E-state index in [1.807, 2.05) is 11.3 Å². The first-order valence-corrected chi connectivity index (χ1v) is 7.87. The molecule has 1 N–H and O–H groups in total. The van der Waals surface area contributed by atoms with E-state index >= 15 is 0 Å². The van der Waals surface area contributed by atoms with Crippen LogP contribution in [0, 0.1) is 0 Å². The minimum atomic E-state index is 0.656. The van der Waals surface area contributed by atoms with Crippen LogP contribution < -0.4 is 5.32 Å². The van der Waals surface area contributed by atoms with Gasteiger partial charge in [0.05, 0.1) is 0 Å². The van der Waals surface area contributed by atoms with Crippen LogP contribution in [-0.2, 0) is 6.42 Å². The largest absolute Gasteiger partial charge is 0.306 e. The predicted octanol–water partition coefficient (Wildman–Crippen LogP) is 3.22. The van der Waals surface area contributed by atoms with Crippen LogP contribution in [0.1, 0.15) is 35.7 Å². The molecule has 0 radical (unpaired) electrons. The van der Waals surface area contributed by atoms with Crippen molar-refractivity contribution in [2.45, 2.75) is 37.8 Å². The fourth-order valence-corrected chi connectivity index (χ4v) is 4.76. The second kappa shape index (κ2) is 4.48. The van der Waals surface area contributed by atoms with Gasteiger partial charge in [-0.05, 0) is 48.4 Å². The molecular weight excluding hydrogens is 222 g/mol. The number of hydrogen-bond acceptors (Lipinski definition) is 3. The summed E-state index contributed by atoms with van der Waals surface area (Å²) in [5.41, 5.74) is 1.60. The van der Waals surface area contributed by atoms with E-state index in [4.69, 9.17) is 0 Å². The van der Waals surface area contributed by atoms with Crippen molar-refractivity contribution in [3.05, 3.63) is 21.9 Å². The molecule has 82 valence electrons. The summed E-state index contributed by atoms with van der Waals surface area (Å²) in [5.74, 6) is 2.66. The first kappa shape index (κ1) is 10.2. The smallest absolute Gasteiger partial charge is 0.0334 e. The summed E-state index contributed by atoms with van der Waals surface area (Å²) in [7, 11) is 0. The zero-order chi connectivity index (χ0) is 10.1. The summed E-state index contributed by atoms with van der Waals surface area (Å²) in [6.45, 7) is 0. The lowest BCUT2D eigenvalue weighted by atomic mass is 9.93. The third-order valence-corrected chi connectivity index (χ3v) is 5.58. The average Bonchev–Trinajstić information content (AvgIpc) is 2.87. The summed E-state index contributed by atoms with van der Waals surface area (Å²) in [6, 6.07) is 3.76. The number of nitrogens with one attached hydrogen (secondary N) is 1. The zero-order valence-corrected chi connectivity index (χ0v) is 10.5. The van der Waals surface area contributed by atoms with Gasteiger partial charge in [0.2, 0.25) is 0 Å². The minimum absolute atomic E-state index is 0.656. The molecule has 2 atom stereocenters. The summed E-state index contributed by atoms with van der Waals surface area (Å²) in [6.07, 6.45) is 5.38. The van der Waals surface area contributed by atoms with E-state index in [2.05, 4.69) is 28.5 Å². The second-order valence-electron chi connectivity index (χ2n) is 4.47. The van der Waals surface area contributed by atoms with Gasteiger partial charge < -0.3 is 5.32 Å². The van der Waals surface area contributed by atoms with E-state index in [1.54, 1.807) is 10.4 Å². The summed E-state index contributed by atoms with van der Waals surface area (Å²) in [5, 5.41) is 6.10. The van der Waals surface area contributed by atoms with E-state index in [9.17, 15) is 0 Å². The molecule has 0 spiro atoms. The van der Waals surface area contributed by atoms with Crippen LogP contribution in [0.4, 0.5) is 0 Å². The van der Waals surface area contributed by atoms with Crippen molar-refractivity contribution in [1.82, 2.24) is 5.32 Å². The molecule has 1 aliphatic carbocycles. The van der Waals surface area contributed by atoms with Crippen molar-refractivity contribution >= 4 is 23.1 Å². The topological polar surface area (TPSA) is 12.0 Å². The van der Waals surface area contributed by atoms with Gasteiger partial charge in [-0.25, -0.2) is 0 Å². The molecule has 0 amide bonds. The van der Waals surface area contributed by atoms with Crippen molar-refractivity contribution in [1.29, 1.82) is 0 Å². The van der Waals surface area contributed by atoms with Crippen LogP contribution in [0.15, 0.2) is 11.4 Å². The van der Waals surface area contributed by atoms with Crippen LogP contribution >= 0.6 is 23.1 Å². The van der Waals surface area contributed by atoms with Crippen molar-refractivity contribution in [2.75, 3.05) is 11.5 Å². The molecule has 0 saturated carbocycles. The highest BCUT2D eigenvalue weighted by Crippen LogP contribution is 2.34. The van der Waals surface area contributed by atoms with E-state index < -0.39 is 0 Å². The van der Waals surface area contributed by atoms with Gasteiger partial charge in [-0.1, -0.05) is 0 Å². The van der Waals surface area contributed by atoms with Crippen molar-refractivity contribution < 1.29 is 0 Å². The molecule has 1 nitrogen and oxygen atoms in total. The first-order valence-electron chi connectivity index (χ1n) is 5.83. The molecule has 1 aliphatic heterocycles. The van der Waals surface area contributed by atoms with Crippen LogP contribution in [0.2, 0.25) is 0 Å². The van der Waals surface area contributed by atoms with Crippen LogP contribution in [0.3, 0.4) is 0 Å². The Bertz CT molecular complexity index is 328. The number of rotatable bonds is 2. The minimum Gasteiger partial charge on any atom is -0.306 e. The number of aryl methyl sites for hydroxylation is 1. The van der Waals surface area contributed by atoms with Gasteiger partial charge in [-0.3, -0.25) is 0 Å². The van der Waals surface area contributed by atoms with Crippen LogP contribution in [0.5, 0.6) is 0 Å². The lowest BCUT2D eigenvalue weighted by Crippen LogP contribution is -2.34. The Hall–Kier alpha value is 0.01000. The highest BCUT2D eigenvalue weighted by Gasteiger charge is 2.25. The standard InChI is InChI=1S/C12H17NS2/c1-2-11(13-9-4-6-14-8-9)10-5-7-15-12(10)3-1/h5,7,9,11,13H,1-4,6,8H2.